The molecule has 0 radical (unpaired) electrons. The van der Waals surface area contributed by atoms with Crippen LogP contribution in [0.25, 0.3) is 0 Å². The number of benzene rings is 2. The molecule has 0 bridgehead atoms. The zero-order chi connectivity index (χ0) is 21.7. The number of nitrogens with zero attached hydrogens (tertiary/aromatic N) is 1. The number of rotatable bonds is 7. The minimum Gasteiger partial charge on any atom is -0.483 e. The quantitative estimate of drug-likeness (QED) is 0.719. The molecule has 1 saturated heterocycles. The van der Waals surface area contributed by atoms with E-state index in [0.717, 1.165) is 42.5 Å². The fourth-order valence-electron chi connectivity index (χ4n) is 3.72. The minimum absolute atomic E-state index is 0.142. The number of amides is 1. The van der Waals surface area contributed by atoms with Crippen LogP contribution in [0.3, 0.4) is 0 Å². The lowest BCUT2D eigenvalue weighted by Crippen LogP contribution is -2.35. The molecule has 0 atom stereocenters. The first-order valence-corrected chi connectivity index (χ1v) is 11.9. The van der Waals surface area contributed by atoms with Crippen LogP contribution in [-0.4, -0.2) is 38.3 Å². The third-order valence-corrected chi connectivity index (χ3v) is 7.36. The summed E-state index contributed by atoms with van der Waals surface area (Å²) in [5, 5.41) is 2.93. The van der Waals surface area contributed by atoms with Gasteiger partial charge in [-0.05, 0) is 68.0 Å². The predicted molar refractivity (Wildman–Crippen MR) is 118 cm³/mol. The molecule has 6 nitrogen and oxygen atoms in total. The van der Waals surface area contributed by atoms with Gasteiger partial charge in [0.25, 0.3) is 5.91 Å². The van der Waals surface area contributed by atoms with Crippen LogP contribution in [0.1, 0.15) is 42.9 Å². The molecule has 3 rings (SSSR count). The zero-order valence-corrected chi connectivity index (χ0v) is 18.7. The molecule has 7 heteroatoms. The second-order valence-electron chi connectivity index (χ2n) is 7.69. The van der Waals surface area contributed by atoms with Gasteiger partial charge in [0.1, 0.15) is 5.75 Å². The van der Waals surface area contributed by atoms with Crippen molar-refractivity contribution in [1.82, 2.24) is 4.31 Å². The Morgan fingerprint density at radius 3 is 2.47 bits per heavy atom. The van der Waals surface area contributed by atoms with E-state index in [9.17, 15) is 13.2 Å². The molecule has 0 saturated carbocycles. The molecule has 1 N–H and O–H groups in total. The first-order valence-electron chi connectivity index (χ1n) is 10.4. The van der Waals surface area contributed by atoms with Gasteiger partial charge in [-0.1, -0.05) is 31.5 Å². The standard InChI is InChI=1S/C23H30N2O4S/c1-4-19-10-8-9-17(2)23(19)24-22(26)16-29-21-12-11-20(15-18(21)3)30(27,28)25-13-6-5-7-14-25/h8-12,15H,4-7,13-14,16H2,1-3H3,(H,24,26). The maximum Gasteiger partial charge on any atom is 0.262 e. The van der Waals surface area contributed by atoms with Crippen LogP contribution >= 0.6 is 0 Å². The minimum atomic E-state index is -3.49. The second-order valence-corrected chi connectivity index (χ2v) is 9.63. The number of sulfonamides is 1. The lowest BCUT2D eigenvalue weighted by molar-refractivity contribution is -0.118. The van der Waals surface area contributed by atoms with E-state index in [0.29, 0.717) is 24.4 Å². The van der Waals surface area contributed by atoms with Crippen LogP contribution < -0.4 is 10.1 Å². The molecule has 1 fully saturated rings. The molecule has 0 aromatic heterocycles. The van der Waals surface area contributed by atoms with Gasteiger partial charge >= 0.3 is 0 Å². The van der Waals surface area contributed by atoms with Crippen LogP contribution in [0, 0.1) is 13.8 Å². The Balaban J connectivity index is 1.66. The number of aryl methyl sites for hydroxylation is 3. The average molecular weight is 431 g/mol. The van der Waals surface area contributed by atoms with Gasteiger partial charge in [-0.3, -0.25) is 4.79 Å². The van der Waals surface area contributed by atoms with Crippen molar-refractivity contribution >= 4 is 21.6 Å². The monoisotopic (exact) mass is 430 g/mol. The third-order valence-electron chi connectivity index (χ3n) is 5.46. The summed E-state index contributed by atoms with van der Waals surface area (Å²) in [4.78, 5) is 12.7. The molecule has 0 unspecified atom stereocenters. The Morgan fingerprint density at radius 1 is 1.07 bits per heavy atom. The van der Waals surface area contributed by atoms with Crippen molar-refractivity contribution in [3.05, 3.63) is 53.1 Å². The molecule has 2 aromatic carbocycles. The van der Waals surface area contributed by atoms with Crippen molar-refractivity contribution in [2.24, 2.45) is 0 Å². The number of ether oxygens (including phenoxy) is 1. The van der Waals surface area contributed by atoms with Crippen molar-refractivity contribution < 1.29 is 17.9 Å². The zero-order valence-electron chi connectivity index (χ0n) is 17.9. The fourth-order valence-corrected chi connectivity index (χ4v) is 5.32. The number of carbonyl (C=O) groups is 1. The number of hydrogen-bond donors (Lipinski definition) is 1. The summed E-state index contributed by atoms with van der Waals surface area (Å²) in [5.41, 5.74) is 3.59. The lowest BCUT2D eigenvalue weighted by atomic mass is 10.1. The van der Waals surface area contributed by atoms with Crippen LogP contribution in [0.15, 0.2) is 41.3 Å². The maximum absolute atomic E-state index is 12.8. The van der Waals surface area contributed by atoms with E-state index in [1.165, 1.54) is 0 Å². The number of anilines is 1. The number of nitrogens with one attached hydrogen (secondary N) is 1. The Bertz CT molecular complexity index is 1010. The van der Waals surface area contributed by atoms with Crippen molar-refractivity contribution in [2.75, 3.05) is 25.0 Å². The van der Waals surface area contributed by atoms with E-state index in [4.69, 9.17) is 4.74 Å². The van der Waals surface area contributed by atoms with E-state index in [2.05, 4.69) is 5.32 Å². The summed E-state index contributed by atoms with van der Waals surface area (Å²) in [7, 11) is -3.49. The lowest BCUT2D eigenvalue weighted by Gasteiger charge is -2.26. The molecule has 0 aliphatic carbocycles. The fraction of sp³-hybridized carbons (Fsp3) is 0.435. The van der Waals surface area contributed by atoms with Crippen molar-refractivity contribution in [3.8, 4) is 5.75 Å². The summed E-state index contributed by atoms with van der Waals surface area (Å²) in [6.07, 6.45) is 3.69. The largest absolute Gasteiger partial charge is 0.483 e. The van der Waals surface area contributed by atoms with Gasteiger partial charge in [0.15, 0.2) is 6.61 Å². The number of carbonyl (C=O) groups excluding carboxylic acids is 1. The summed E-state index contributed by atoms with van der Waals surface area (Å²) in [6.45, 7) is 6.79. The molecule has 1 heterocycles. The summed E-state index contributed by atoms with van der Waals surface area (Å²) in [6, 6.07) is 10.7. The summed E-state index contributed by atoms with van der Waals surface area (Å²) < 4.78 is 32.9. The van der Waals surface area contributed by atoms with E-state index >= 15 is 0 Å². The highest BCUT2D eigenvalue weighted by Crippen LogP contribution is 2.26. The highest BCUT2D eigenvalue weighted by molar-refractivity contribution is 7.89. The van der Waals surface area contributed by atoms with Crippen molar-refractivity contribution in [2.45, 2.75) is 51.3 Å². The SMILES string of the molecule is CCc1cccc(C)c1NC(=O)COc1ccc(S(=O)(=O)N2CCCCC2)cc1C. The van der Waals surface area contributed by atoms with Gasteiger partial charge in [0, 0.05) is 18.8 Å². The Hall–Kier alpha value is -2.38. The molecule has 162 valence electrons. The van der Waals surface area contributed by atoms with Crippen LogP contribution in [-0.2, 0) is 21.2 Å². The van der Waals surface area contributed by atoms with Gasteiger partial charge in [0.05, 0.1) is 4.90 Å². The first-order chi connectivity index (χ1) is 14.3. The van der Waals surface area contributed by atoms with E-state index in [1.807, 2.05) is 32.0 Å². The van der Waals surface area contributed by atoms with E-state index in [1.54, 1.807) is 29.4 Å². The van der Waals surface area contributed by atoms with Gasteiger partial charge < -0.3 is 10.1 Å². The first kappa shape index (κ1) is 22.3. The van der Waals surface area contributed by atoms with Crippen molar-refractivity contribution in [1.29, 1.82) is 0 Å². The van der Waals surface area contributed by atoms with E-state index < -0.39 is 10.0 Å². The predicted octanol–water partition coefficient (Wildman–Crippen LogP) is 4.06. The molecule has 2 aromatic rings. The second kappa shape index (κ2) is 9.62. The Kier molecular flexibility index (Phi) is 7.15. The molecule has 30 heavy (non-hydrogen) atoms. The van der Waals surface area contributed by atoms with Crippen LogP contribution in [0.4, 0.5) is 5.69 Å². The van der Waals surface area contributed by atoms with E-state index in [-0.39, 0.29) is 17.4 Å². The highest BCUT2D eigenvalue weighted by atomic mass is 32.2. The molecule has 1 amide bonds. The van der Waals surface area contributed by atoms with Gasteiger partial charge in [0.2, 0.25) is 10.0 Å². The normalized spacial score (nSPS) is 15.0. The van der Waals surface area contributed by atoms with Gasteiger partial charge in [-0.2, -0.15) is 4.31 Å². The summed E-state index contributed by atoms with van der Waals surface area (Å²) >= 11 is 0. The van der Waals surface area contributed by atoms with Gasteiger partial charge in [-0.25, -0.2) is 8.42 Å². The molecular formula is C23H30N2O4S. The average Bonchev–Trinajstić information content (AvgIpc) is 2.74. The van der Waals surface area contributed by atoms with Gasteiger partial charge in [-0.15, -0.1) is 0 Å². The molecule has 1 aliphatic rings. The smallest absolute Gasteiger partial charge is 0.262 e. The Morgan fingerprint density at radius 2 is 1.80 bits per heavy atom. The highest BCUT2D eigenvalue weighted by Gasteiger charge is 2.26. The molecular weight excluding hydrogens is 400 g/mol. The summed E-state index contributed by atoms with van der Waals surface area (Å²) in [5.74, 6) is 0.256. The van der Waals surface area contributed by atoms with Crippen LogP contribution in [0.5, 0.6) is 5.75 Å². The van der Waals surface area contributed by atoms with Crippen LogP contribution in [0.2, 0.25) is 0 Å². The topological polar surface area (TPSA) is 75.7 Å². The third kappa shape index (κ3) is 5.02. The molecule has 0 spiro atoms. The number of para-hydroxylation sites is 1. The Labute approximate surface area is 179 Å². The number of hydrogen-bond acceptors (Lipinski definition) is 4. The number of piperidine rings is 1. The molecule has 1 aliphatic heterocycles. The maximum atomic E-state index is 12.8. The van der Waals surface area contributed by atoms with Crippen molar-refractivity contribution in [3.63, 3.8) is 0 Å².